The molecule has 0 aliphatic carbocycles. The summed E-state index contributed by atoms with van der Waals surface area (Å²) in [5.74, 6) is 0.107. The maximum atomic E-state index is 12.3. The zero-order chi connectivity index (χ0) is 15.6. The van der Waals surface area contributed by atoms with E-state index >= 15 is 0 Å². The average molecular weight is 330 g/mol. The van der Waals surface area contributed by atoms with Gasteiger partial charge in [0.05, 0.1) is 4.90 Å². The average Bonchev–Trinajstić information content (AvgIpc) is 2.35. The molecule has 1 aromatic carbocycles. The number of nitrogens with zero attached hydrogens (tertiary/aromatic N) is 1. The molecule has 0 radical (unpaired) electrons. The van der Waals surface area contributed by atoms with Crippen molar-refractivity contribution in [1.29, 1.82) is 0 Å². The molecule has 3 nitrogen and oxygen atoms in total. The van der Waals surface area contributed by atoms with E-state index in [-0.39, 0.29) is 15.1 Å². The van der Waals surface area contributed by atoms with Crippen molar-refractivity contribution in [3.05, 3.63) is 29.3 Å². The summed E-state index contributed by atoms with van der Waals surface area (Å²) in [5.41, 5.74) is 1.48. The lowest BCUT2D eigenvalue weighted by molar-refractivity contribution is -0.134. The largest absolute Gasteiger partial charge is 0.402 e. The van der Waals surface area contributed by atoms with Gasteiger partial charge in [-0.25, -0.2) is 8.42 Å². The summed E-state index contributed by atoms with van der Waals surface area (Å²) >= 11 is 5.73. The van der Waals surface area contributed by atoms with Crippen molar-refractivity contribution in [2.45, 2.75) is 30.3 Å². The first-order valence-corrected chi connectivity index (χ1v) is 7.80. The third-order valence-corrected chi connectivity index (χ3v) is 4.90. The molecule has 0 saturated heterocycles. The Labute approximate surface area is 121 Å². The van der Waals surface area contributed by atoms with Crippen molar-refractivity contribution in [2.75, 3.05) is 13.6 Å². The highest BCUT2D eigenvalue weighted by Crippen LogP contribution is 2.24. The first-order valence-electron chi connectivity index (χ1n) is 5.82. The molecule has 0 saturated carbocycles. The first-order chi connectivity index (χ1) is 9.11. The molecule has 0 amide bonds. The predicted molar refractivity (Wildman–Crippen MR) is 71.2 cm³/mol. The van der Waals surface area contributed by atoms with Gasteiger partial charge >= 0.3 is 6.18 Å². The molecule has 0 aliphatic rings. The van der Waals surface area contributed by atoms with E-state index in [2.05, 4.69) is 0 Å². The second-order valence-corrected chi connectivity index (χ2v) is 6.61. The van der Waals surface area contributed by atoms with Gasteiger partial charge in [-0.1, -0.05) is 13.0 Å². The standard InChI is InChI=1S/C12H15ClF3NO2S/c1-3-9-4-5-11(6-10(9)7-13)20(18,19)17(2)8-12(14,15)16/h4-6H,3,7-8H2,1-2H3. The van der Waals surface area contributed by atoms with Crippen molar-refractivity contribution in [1.82, 2.24) is 4.31 Å². The highest BCUT2D eigenvalue weighted by atomic mass is 35.5. The lowest BCUT2D eigenvalue weighted by atomic mass is 10.1. The van der Waals surface area contributed by atoms with Crippen LogP contribution in [-0.2, 0) is 22.3 Å². The van der Waals surface area contributed by atoms with Crippen LogP contribution in [0.25, 0.3) is 0 Å². The minimum atomic E-state index is -4.58. The van der Waals surface area contributed by atoms with Gasteiger partial charge in [-0.3, -0.25) is 0 Å². The second-order valence-electron chi connectivity index (χ2n) is 4.29. The van der Waals surface area contributed by atoms with E-state index in [1.165, 1.54) is 12.1 Å². The fourth-order valence-corrected chi connectivity index (χ4v) is 3.21. The van der Waals surface area contributed by atoms with Gasteiger partial charge < -0.3 is 0 Å². The van der Waals surface area contributed by atoms with Crippen molar-refractivity contribution < 1.29 is 21.6 Å². The van der Waals surface area contributed by atoms with Crippen LogP contribution in [0.3, 0.4) is 0 Å². The predicted octanol–water partition coefficient (Wildman–Crippen LogP) is 3.17. The van der Waals surface area contributed by atoms with Gasteiger partial charge in [0.25, 0.3) is 0 Å². The summed E-state index contributed by atoms with van der Waals surface area (Å²) in [4.78, 5) is -0.183. The zero-order valence-electron chi connectivity index (χ0n) is 11.0. The van der Waals surface area contributed by atoms with E-state index in [1.807, 2.05) is 6.92 Å². The maximum Gasteiger partial charge on any atom is 0.402 e. The number of aryl methyl sites for hydroxylation is 1. The van der Waals surface area contributed by atoms with Crippen molar-refractivity contribution >= 4 is 21.6 Å². The molecular formula is C12H15ClF3NO2S. The van der Waals surface area contributed by atoms with Gasteiger partial charge in [0.2, 0.25) is 10.0 Å². The maximum absolute atomic E-state index is 12.3. The van der Waals surface area contributed by atoms with E-state index in [1.54, 1.807) is 6.07 Å². The van der Waals surface area contributed by atoms with Gasteiger partial charge in [0.15, 0.2) is 0 Å². The summed E-state index contributed by atoms with van der Waals surface area (Å²) in [7, 11) is -3.28. The van der Waals surface area contributed by atoms with Crippen LogP contribution in [0.2, 0.25) is 0 Å². The summed E-state index contributed by atoms with van der Waals surface area (Å²) in [5, 5.41) is 0. The molecule has 0 unspecified atom stereocenters. The number of hydrogen-bond donors (Lipinski definition) is 0. The molecule has 0 atom stereocenters. The molecule has 0 bridgehead atoms. The Kier molecular flexibility index (Phi) is 5.46. The molecule has 0 heterocycles. The molecule has 114 valence electrons. The number of sulfonamides is 1. The van der Waals surface area contributed by atoms with E-state index in [4.69, 9.17) is 11.6 Å². The van der Waals surface area contributed by atoms with Crippen LogP contribution in [0.4, 0.5) is 13.2 Å². The molecule has 20 heavy (non-hydrogen) atoms. The smallest absolute Gasteiger partial charge is 0.207 e. The molecule has 1 aromatic rings. The lowest BCUT2D eigenvalue weighted by Gasteiger charge is -2.19. The van der Waals surface area contributed by atoms with Crippen molar-refractivity contribution in [3.63, 3.8) is 0 Å². The Morgan fingerprint density at radius 1 is 1.25 bits per heavy atom. The molecule has 0 aromatic heterocycles. The third-order valence-electron chi connectivity index (χ3n) is 2.81. The van der Waals surface area contributed by atoms with Crippen LogP contribution in [-0.4, -0.2) is 32.5 Å². The van der Waals surface area contributed by atoms with E-state index in [0.29, 0.717) is 12.0 Å². The quantitative estimate of drug-likeness (QED) is 0.778. The molecular weight excluding hydrogens is 315 g/mol. The van der Waals surface area contributed by atoms with Crippen LogP contribution in [0.15, 0.2) is 23.1 Å². The van der Waals surface area contributed by atoms with Crippen LogP contribution in [0.1, 0.15) is 18.1 Å². The van der Waals surface area contributed by atoms with Crippen LogP contribution in [0, 0.1) is 0 Å². The fourth-order valence-electron chi connectivity index (χ4n) is 1.75. The first kappa shape index (κ1) is 17.3. The molecule has 0 aliphatic heterocycles. The number of halogens is 4. The lowest BCUT2D eigenvalue weighted by Crippen LogP contribution is -2.35. The van der Waals surface area contributed by atoms with Gasteiger partial charge in [0.1, 0.15) is 6.54 Å². The second kappa shape index (κ2) is 6.32. The monoisotopic (exact) mass is 329 g/mol. The molecule has 1 rings (SSSR count). The summed E-state index contributed by atoms with van der Waals surface area (Å²) in [6.45, 7) is 0.358. The van der Waals surface area contributed by atoms with Crippen LogP contribution < -0.4 is 0 Å². The Balaban J connectivity index is 3.16. The Morgan fingerprint density at radius 2 is 1.85 bits per heavy atom. The highest BCUT2D eigenvalue weighted by molar-refractivity contribution is 7.89. The highest BCUT2D eigenvalue weighted by Gasteiger charge is 2.34. The van der Waals surface area contributed by atoms with Crippen molar-refractivity contribution in [2.24, 2.45) is 0 Å². The Hall–Kier alpha value is -0.790. The van der Waals surface area contributed by atoms with Crippen molar-refractivity contribution in [3.8, 4) is 0 Å². The number of rotatable bonds is 5. The van der Waals surface area contributed by atoms with E-state index in [9.17, 15) is 21.6 Å². The van der Waals surface area contributed by atoms with Crippen LogP contribution in [0.5, 0.6) is 0 Å². The third kappa shape index (κ3) is 4.10. The van der Waals surface area contributed by atoms with Gasteiger partial charge in [-0.15, -0.1) is 11.6 Å². The van der Waals surface area contributed by atoms with Gasteiger partial charge in [-0.2, -0.15) is 17.5 Å². The molecule has 0 spiro atoms. The minimum Gasteiger partial charge on any atom is -0.207 e. The number of hydrogen-bond acceptors (Lipinski definition) is 2. The minimum absolute atomic E-state index is 0.107. The SMILES string of the molecule is CCc1ccc(S(=O)(=O)N(C)CC(F)(F)F)cc1CCl. The van der Waals surface area contributed by atoms with Gasteiger partial charge in [-0.05, 0) is 29.7 Å². The summed E-state index contributed by atoms with van der Waals surface area (Å²) in [6.07, 6.45) is -3.92. The van der Waals surface area contributed by atoms with E-state index in [0.717, 1.165) is 12.6 Å². The number of benzene rings is 1. The van der Waals surface area contributed by atoms with E-state index < -0.39 is 22.7 Å². The topological polar surface area (TPSA) is 37.4 Å². The fraction of sp³-hybridized carbons (Fsp3) is 0.500. The van der Waals surface area contributed by atoms with Gasteiger partial charge in [0, 0.05) is 12.9 Å². The number of alkyl halides is 4. The van der Waals surface area contributed by atoms with Crippen LogP contribution >= 0.6 is 11.6 Å². The molecule has 8 heteroatoms. The Morgan fingerprint density at radius 3 is 2.30 bits per heavy atom. The molecule has 0 N–H and O–H groups in total. The summed E-state index contributed by atoms with van der Waals surface area (Å²) < 4.78 is 61.3. The Bertz CT molecular complexity index is 573. The summed E-state index contributed by atoms with van der Waals surface area (Å²) in [6, 6.07) is 4.21. The normalized spacial score (nSPS) is 12.9. The zero-order valence-corrected chi connectivity index (χ0v) is 12.6. The molecule has 0 fully saturated rings.